The number of alkyl halides is 3. The Bertz CT molecular complexity index is 643. The number of fused-ring (bicyclic) bond motifs is 1. The van der Waals surface area contributed by atoms with Crippen LogP contribution >= 0.6 is 11.3 Å². The molecule has 3 N–H and O–H groups in total. The molecule has 7 heteroatoms. The molecule has 0 unspecified atom stereocenters. The Morgan fingerprint density at radius 2 is 2.05 bits per heavy atom. The van der Waals surface area contributed by atoms with E-state index in [0.717, 1.165) is 9.71 Å². The minimum absolute atomic E-state index is 0.0874. The van der Waals surface area contributed by atoms with Gasteiger partial charge in [-0.3, -0.25) is 0 Å². The summed E-state index contributed by atoms with van der Waals surface area (Å²) in [5.74, 6) is 0. The average Bonchev–Trinajstić information content (AvgIpc) is 2.97. The third-order valence-electron chi connectivity index (χ3n) is 3.33. The van der Waals surface area contributed by atoms with Crippen LogP contribution in [0.2, 0.25) is 0 Å². The second-order valence-electron chi connectivity index (χ2n) is 4.84. The number of nitrogens with one attached hydrogen (secondary N) is 1. The summed E-state index contributed by atoms with van der Waals surface area (Å²) in [5.41, 5.74) is 5.33. The summed E-state index contributed by atoms with van der Waals surface area (Å²) in [7, 11) is 0. The lowest BCUT2D eigenvalue weighted by molar-refractivity contribution is -0.151. The van der Waals surface area contributed by atoms with Gasteiger partial charge in [0.15, 0.2) is 0 Å². The molecule has 3 rings (SSSR count). The summed E-state index contributed by atoms with van der Waals surface area (Å²) in [6.45, 7) is 1.85. The van der Waals surface area contributed by atoms with Gasteiger partial charge in [-0.15, -0.1) is 11.3 Å². The molecule has 1 heterocycles. The lowest BCUT2D eigenvalue weighted by Gasteiger charge is -2.22. The van der Waals surface area contributed by atoms with Gasteiger partial charge in [0.2, 0.25) is 0 Å². The van der Waals surface area contributed by atoms with E-state index < -0.39 is 11.7 Å². The molecule has 0 atom stereocenters. The molecule has 3 nitrogen and oxygen atoms in total. The molecular weight excluding hydrogens is 275 g/mol. The maximum atomic E-state index is 12.9. The number of anilines is 2. The number of aromatic nitrogens is 1. The number of nitrogen functional groups attached to an aromatic ring is 1. The highest BCUT2D eigenvalue weighted by atomic mass is 32.1. The van der Waals surface area contributed by atoms with Crippen molar-refractivity contribution in [1.82, 2.24) is 4.98 Å². The highest BCUT2D eigenvalue weighted by Crippen LogP contribution is 2.52. The fourth-order valence-electron chi connectivity index (χ4n) is 2.08. The molecule has 0 amide bonds. The normalized spacial score (nSPS) is 17.7. The van der Waals surface area contributed by atoms with Crippen molar-refractivity contribution in [3.63, 3.8) is 0 Å². The molecule has 1 fully saturated rings. The van der Waals surface area contributed by atoms with E-state index >= 15 is 0 Å². The Hall–Kier alpha value is -1.50. The van der Waals surface area contributed by atoms with Crippen LogP contribution in [0, 0.1) is 6.92 Å². The summed E-state index contributed by atoms with van der Waals surface area (Å²) >= 11 is 1.47. The zero-order valence-electron chi connectivity index (χ0n) is 10.1. The van der Waals surface area contributed by atoms with Gasteiger partial charge < -0.3 is 11.1 Å². The SMILES string of the molecule is Cc1nc2cc(NC3(C(F)(F)F)CC3)c(N)cc2s1. The first-order chi connectivity index (χ1) is 8.81. The minimum atomic E-state index is -4.26. The molecule has 2 aromatic rings. The summed E-state index contributed by atoms with van der Waals surface area (Å²) in [4.78, 5) is 4.27. The van der Waals surface area contributed by atoms with Crippen LogP contribution in [0.4, 0.5) is 24.5 Å². The standard InChI is InChI=1S/C12H12F3N3S/c1-6-17-9-5-8(7(16)4-10(9)19-6)18-11(2-3-11)12(13,14)15/h4-5,18H,2-3,16H2,1H3. The minimum Gasteiger partial charge on any atom is -0.397 e. The van der Waals surface area contributed by atoms with Crippen molar-refractivity contribution in [2.45, 2.75) is 31.5 Å². The first-order valence-electron chi connectivity index (χ1n) is 5.82. The van der Waals surface area contributed by atoms with Gasteiger partial charge in [-0.2, -0.15) is 13.2 Å². The molecule has 102 valence electrons. The van der Waals surface area contributed by atoms with Crippen LogP contribution < -0.4 is 11.1 Å². The highest BCUT2D eigenvalue weighted by molar-refractivity contribution is 7.18. The predicted molar refractivity (Wildman–Crippen MR) is 70.4 cm³/mol. The van der Waals surface area contributed by atoms with Crippen LogP contribution in [0.1, 0.15) is 17.8 Å². The van der Waals surface area contributed by atoms with Gasteiger partial charge in [0.05, 0.1) is 26.6 Å². The van der Waals surface area contributed by atoms with Crippen molar-refractivity contribution >= 4 is 32.9 Å². The Morgan fingerprint density at radius 3 is 2.63 bits per heavy atom. The van der Waals surface area contributed by atoms with Gasteiger partial charge in [-0.05, 0) is 31.9 Å². The van der Waals surface area contributed by atoms with Gasteiger partial charge in [0.1, 0.15) is 5.54 Å². The molecule has 19 heavy (non-hydrogen) atoms. The maximum Gasteiger partial charge on any atom is 0.411 e. The monoisotopic (exact) mass is 287 g/mol. The topological polar surface area (TPSA) is 50.9 Å². The Labute approximate surface area is 111 Å². The molecule has 1 aromatic heterocycles. The second-order valence-corrected chi connectivity index (χ2v) is 6.08. The van der Waals surface area contributed by atoms with Gasteiger partial charge in [0.25, 0.3) is 0 Å². The average molecular weight is 287 g/mol. The number of thiazole rings is 1. The fourth-order valence-corrected chi connectivity index (χ4v) is 2.93. The van der Waals surface area contributed by atoms with Crippen LogP contribution in [-0.4, -0.2) is 16.7 Å². The summed E-state index contributed by atoms with van der Waals surface area (Å²) in [6.07, 6.45) is -4.08. The number of halogens is 3. The van der Waals surface area contributed by atoms with Crippen LogP contribution in [-0.2, 0) is 0 Å². The zero-order valence-corrected chi connectivity index (χ0v) is 11.0. The summed E-state index contributed by atoms with van der Waals surface area (Å²) in [6, 6.07) is 3.27. The number of hydrogen-bond acceptors (Lipinski definition) is 4. The van der Waals surface area contributed by atoms with Crippen molar-refractivity contribution in [3.05, 3.63) is 17.1 Å². The molecule has 0 bridgehead atoms. The molecular formula is C12H12F3N3S. The van der Waals surface area contributed by atoms with Crippen molar-refractivity contribution in [2.75, 3.05) is 11.1 Å². The van der Waals surface area contributed by atoms with Crippen LogP contribution in [0.5, 0.6) is 0 Å². The lowest BCUT2D eigenvalue weighted by Crippen LogP contribution is -2.38. The van der Waals surface area contributed by atoms with Gasteiger partial charge in [-0.1, -0.05) is 0 Å². The highest BCUT2D eigenvalue weighted by Gasteiger charge is 2.63. The van der Waals surface area contributed by atoms with E-state index in [1.807, 2.05) is 6.92 Å². The third-order valence-corrected chi connectivity index (χ3v) is 4.27. The zero-order chi connectivity index (χ0) is 13.8. The Morgan fingerprint density at radius 1 is 1.37 bits per heavy atom. The number of benzene rings is 1. The summed E-state index contributed by atoms with van der Waals surface area (Å²) < 4.78 is 39.6. The van der Waals surface area contributed by atoms with E-state index in [1.54, 1.807) is 12.1 Å². The Kier molecular flexibility index (Phi) is 2.47. The predicted octanol–water partition coefficient (Wildman–Crippen LogP) is 3.69. The molecule has 0 spiro atoms. The molecule has 0 aliphatic heterocycles. The molecule has 0 radical (unpaired) electrons. The number of nitrogens with zero attached hydrogens (tertiary/aromatic N) is 1. The van der Waals surface area contributed by atoms with Gasteiger partial charge in [0, 0.05) is 0 Å². The van der Waals surface area contributed by atoms with Gasteiger partial charge in [-0.25, -0.2) is 4.98 Å². The van der Waals surface area contributed by atoms with E-state index in [0.29, 0.717) is 16.9 Å². The number of rotatable bonds is 2. The van der Waals surface area contributed by atoms with E-state index in [2.05, 4.69) is 10.3 Å². The van der Waals surface area contributed by atoms with E-state index in [9.17, 15) is 13.2 Å². The molecule has 0 saturated heterocycles. The molecule has 1 saturated carbocycles. The quantitative estimate of drug-likeness (QED) is 0.828. The smallest absolute Gasteiger partial charge is 0.397 e. The van der Waals surface area contributed by atoms with Crippen molar-refractivity contribution in [3.8, 4) is 0 Å². The summed E-state index contributed by atoms with van der Waals surface area (Å²) in [5, 5.41) is 3.42. The van der Waals surface area contributed by atoms with E-state index in [-0.39, 0.29) is 12.8 Å². The van der Waals surface area contributed by atoms with Crippen molar-refractivity contribution < 1.29 is 13.2 Å². The number of hydrogen-bond donors (Lipinski definition) is 2. The first-order valence-corrected chi connectivity index (χ1v) is 6.64. The van der Waals surface area contributed by atoms with Gasteiger partial charge >= 0.3 is 6.18 Å². The number of nitrogens with two attached hydrogens (primary N) is 1. The lowest BCUT2D eigenvalue weighted by atomic mass is 10.2. The van der Waals surface area contributed by atoms with Crippen molar-refractivity contribution in [1.29, 1.82) is 0 Å². The van der Waals surface area contributed by atoms with Crippen molar-refractivity contribution in [2.24, 2.45) is 0 Å². The number of aryl methyl sites for hydroxylation is 1. The van der Waals surface area contributed by atoms with E-state index in [4.69, 9.17) is 5.73 Å². The molecule has 1 aliphatic rings. The van der Waals surface area contributed by atoms with Crippen LogP contribution in [0.3, 0.4) is 0 Å². The van der Waals surface area contributed by atoms with E-state index in [1.165, 1.54) is 11.3 Å². The first kappa shape index (κ1) is 12.5. The Balaban J connectivity index is 1.99. The second kappa shape index (κ2) is 3.75. The maximum absolute atomic E-state index is 12.9. The fraction of sp³-hybridized carbons (Fsp3) is 0.417. The van der Waals surface area contributed by atoms with Crippen LogP contribution in [0.15, 0.2) is 12.1 Å². The van der Waals surface area contributed by atoms with Crippen LogP contribution in [0.25, 0.3) is 10.2 Å². The molecule has 1 aromatic carbocycles. The largest absolute Gasteiger partial charge is 0.411 e. The third kappa shape index (κ3) is 2.01. The molecule has 1 aliphatic carbocycles.